The van der Waals surface area contributed by atoms with Gasteiger partial charge in [0.1, 0.15) is 4.60 Å². The van der Waals surface area contributed by atoms with Gasteiger partial charge in [0.15, 0.2) is 0 Å². The molecule has 7 nitrogen and oxygen atoms in total. The molecule has 0 radical (unpaired) electrons. The fourth-order valence-electron chi connectivity index (χ4n) is 3.30. The summed E-state index contributed by atoms with van der Waals surface area (Å²) in [6.07, 6.45) is 3.27. The number of amides is 1. The molecule has 2 aromatic heterocycles. The number of aromatic amines is 1. The molecule has 0 aliphatic rings. The summed E-state index contributed by atoms with van der Waals surface area (Å²) in [4.78, 5) is 29.5. The highest BCUT2D eigenvalue weighted by Crippen LogP contribution is 2.28. The Labute approximate surface area is 174 Å². The van der Waals surface area contributed by atoms with E-state index >= 15 is 0 Å². The van der Waals surface area contributed by atoms with Crippen LogP contribution in [0.2, 0.25) is 0 Å². The van der Waals surface area contributed by atoms with Crippen LogP contribution in [-0.2, 0) is 0 Å². The molecule has 2 N–H and O–H groups in total. The van der Waals surface area contributed by atoms with Gasteiger partial charge in [0.25, 0.3) is 11.5 Å². The Balaban J connectivity index is 1.75. The zero-order chi connectivity index (χ0) is 20.5. The molecule has 4 aromatic rings. The smallest absolute Gasteiger partial charge is 0.261 e. The van der Waals surface area contributed by atoms with Crippen LogP contribution in [0.3, 0.4) is 0 Å². The van der Waals surface area contributed by atoms with E-state index in [4.69, 9.17) is 0 Å². The van der Waals surface area contributed by atoms with Gasteiger partial charge in [0.05, 0.1) is 29.5 Å². The summed E-state index contributed by atoms with van der Waals surface area (Å²) >= 11 is 3.43. The molecule has 0 aliphatic heterocycles. The summed E-state index contributed by atoms with van der Waals surface area (Å²) < 4.78 is 2.36. The number of nitrogens with zero attached hydrogens (tertiary/aromatic N) is 3. The summed E-state index contributed by atoms with van der Waals surface area (Å²) in [6, 6.07) is 12.5. The molecule has 0 unspecified atom stereocenters. The summed E-state index contributed by atoms with van der Waals surface area (Å²) in [7, 11) is 1.59. The minimum Gasteiger partial charge on any atom is -0.355 e. The Morgan fingerprint density at radius 1 is 1.24 bits per heavy atom. The zero-order valence-electron chi connectivity index (χ0n) is 15.8. The van der Waals surface area contributed by atoms with Crippen molar-refractivity contribution in [3.05, 3.63) is 81.1 Å². The highest BCUT2D eigenvalue weighted by Gasteiger charge is 2.15. The molecular weight excluding hydrogens is 434 g/mol. The number of carbonyl (C=O) groups is 1. The monoisotopic (exact) mass is 451 g/mol. The maximum Gasteiger partial charge on any atom is 0.261 e. The standard InChI is InChI=1S/C21H18BrN5O2/c1-12(13-4-3-5-15(8-13)20(28)23-2)27-11-24-18-9-14(6-7-16(18)21(27)29)17-10-25-26-19(17)22/h3-12H,1-2H3,(H,23,28)(H,25,26)/t12-/m1/s1. The molecule has 1 amide bonds. The van der Waals surface area contributed by atoms with Crippen LogP contribution in [0.1, 0.15) is 28.9 Å². The molecular formula is C21H18BrN5O2. The van der Waals surface area contributed by atoms with Gasteiger partial charge in [-0.25, -0.2) is 4.98 Å². The minimum atomic E-state index is -0.272. The average Bonchev–Trinajstić information content (AvgIpc) is 3.18. The van der Waals surface area contributed by atoms with Gasteiger partial charge in [-0.1, -0.05) is 18.2 Å². The van der Waals surface area contributed by atoms with E-state index < -0.39 is 0 Å². The van der Waals surface area contributed by atoms with Gasteiger partial charge in [0.2, 0.25) is 0 Å². The predicted octanol–water partition coefficient (Wildman–Crippen LogP) is 3.52. The lowest BCUT2D eigenvalue weighted by atomic mass is 10.0. The van der Waals surface area contributed by atoms with E-state index in [0.29, 0.717) is 16.5 Å². The van der Waals surface area contributed by atoms with Crippen molar-refractivity contribution >= 4 is 32.7 Å². The number of hydrogen-bond acceptors (Lipinski definition) is 4. The van der Waals surface area contributed by atoms with Gasteiger partial charge in [-0.15, -0.1) is 0 Å². The molecule has 0 aliphatic carbocycles. The van der Waals surface area contributed by atoms with Crippen molar-refractivity contribution in [3.63, 3.8) is 0 Å². The normalized spacial score (nSPS) is 12.1. The number of aromatic nitrogens is 4. The number of halogens is 1. The largest absolute Gasteiger partial charge is 0.355 e. The average molecular weight is 452 g/mol. The number of fused-ring (bicyclic) bond motifs is 1. The first kappa shape index (κ1) is 19.1. The molecule has 0 fully saturated rings. The Kier molecular flexibility index (Phi) is 5.02. The third-order valence-electron chi connectivity index (χ3n) is 4.96. The van der Waals surface area contributed by atoms with Crippen LogP contribution in [0.15, 0.2) is 64.4 Å². The zero-order valence-corrected chi connectivity index (χ0v) is 17.4. The maximum atomic E-state index is 13.1. The molecule has 29 heavy (non-hydrogen) atoms. The lowest BCUT2D eigenvalue weighted by Gasteiger charge is -2.16. The van der Waals surface area contributed by atoms with Crippen LogP contribution >= 0.6 is 15.9 Å². The highest BCUT2D eigenvalue weighted by molar-refractivity contribution is 9.10. The topological polar surface area (TPSA) is 92.7 Å². The van der Waals surface area contributed by atoms with Crippen molar-refractivity contribution in [1.29, 1.82) is 0 Å². The van der Waals surface area contributed by atoms with Crippen LogP contribution in [0.25, 0.3) is 22.0 Å². The predicted molar refractivity (Wildman–Crippen MR) is 115 cm³/mol. The van der Waals surface area contributed by atoms with Crippen molar-refractivity contribution in [2.24, 2.45) is 0 Å². The van der Waals surface area contributed by atoms with Gasteiger partial charge in [-0.2, -0.15) is 5.10 Å². The van der Waals surface area contributed by atoms with E-state index in [1.54, 1.807) is 42.3 Å². The second-order valence-corrected chi connectivity index (χ2v) is 7.46. The molecule has 4 rings (SSSR count). The second kappa shape index (κ2) is 7.63. The molecule has 0 bridgehead atoms. The number of rotatable bonds is 4. The third-order valence-corrected chi connectivity index (χ3v) is 5.57. The quantitative estimate of drug-likeness (QED) is 0.496. The molecule has 0 saturated carbocycles. The van der Waals surface area contributed by atoms with Crippen molar-refractivity contribution in [3.8, 4) is 11.1 Å². The summed E-state index contributed by atoms with van der Waals surface area (Å²) in [5.74, 6) is -0.166. The van der Waals surface area contributed by atoms with E-state index in [2.05, 4.69) is 36.4 Å². The van der Waals surface area contributed by atoms with Crippen LogP contribution < -0.4 is 10.9 Å². The third kappa shape index (κ3) is 3.47. The molecule has 0 spiro atoms. The number of carbonyl (C=O) groups excluding carboxylic acids is 1. The van der Waals surface area contributed by atoms with Crippen LogP contribution in [0.5, 0.6) is 0 Å². The Bertz CT molecular complexity index is 1280. The number of H-pyrrole nitrogens is 1. The van der Waals surface area contributed by atoms with Crippen molar-refractivity contribution in [2.45, 2.75) is 13.0 Å². The number of hydrogen-bond donors (Lipinski definition) is 2. The van der Waals surface area contributed by atoms with Crippen molar-refractivity contribution in [1.82, 2.24) is 25.1 Å². The van der Waals surface area contributed by atoms with E-state index in [1.165, 1.54) is 0 Å². The van der Waals surface area contributed by atoms with E-state index in [1.807, 2.05) is 31.2 Å². The van der Waals surface area contributed by atoms with Gasteiger partial charge < -0.3 is 5.32 Å². The first-order valence-electron chi connectivity index (χ1n) is 9.01. The highest BCUT2D eigenvalue weighted by atomic mass is 79.9. The SMILES string of the molecule is CNC(=O)c1cccc([C@@H](C)n2cnc3cc(-c4cn[nH]c4Br)ccc3c2=O)c1. The van der Waals surface area contributed by atoms with Crippen LogP contribution in [0.4, 0.5) is 0 Å². The lowest BCUT2D eigenvalue weighted by Crippen LogP contribution is -2.25. The second-order valence-electron chi connectivity index (χ2n) is 6.67. The fraction of sp³-hybridized carbons (Fsp3) is 0.143. The van der Waals surface area contributed by atoms with Gasteiger partial charge in [0, 0.05) is 18.2 Å². The van der Waals surface area contributed by atoms with Crippen LogP contribution in [-0.4, -0.2) is 32.7 Å². The molecule has 2 aromatic carbocycles. The van der Waals surface area contributed by atoms with Gasteiger partial charge in [-0.05, 0) is 58.2 Å². The molecule has 8 heteroatoms. The summed E-state index contributed by atoms with van der Waals surface area (Å²) in [5.41, 5.74) is 3.70. The first-order valence-corrected chi connectivity index (χ1v) is 9.81. The van der Waals surface area contributed by atoms with Gasteiger partial charge in [-0.3, -0.25) is 19.3 Å². The lowest BCUT2D eigenvalue weighted by molar-refractivity contribution is 0.0963. The van der Waals surface area contributed by atoms with E-state index in [0.717, 1.165) is 21.3 Å². The van der Waals surface area contributed by atoms with Gasteiger partial charge >= 0.3 is 0 Å². The Morgan fingerprint density at radius 2 is 2.07 bits per heavy atom. The summed E-state index contributed by atoms with van der Waals surface area (Å²) in [5, 5.41) is 9.99. The van der Waals surface area contributed by atoms with Crippen molar-refractivity contribution in [2.75, 3.05) is 7.05 Å². The molecule has 146 valence electrons. The number of nitrogens with one attached hydrogen (secondary N) is 2. The molecule has 0 saturated heterocycles. The fourth-order valence-corrected chi connectivity index (χ4v) is 3.73. The Hall–Kier alpha value is -3.26. The van der Waals surface area contributed by atoms with Crippen LogP contribution in [0, 0.1) is 0 Å². The van der Waals surface area contributed by atoms with Crippen molar-refractivity contribution < 1.29 is 4.79 Å². The minimum absolute atomic E-state index is 0.134. The Morgan fingerprint density at radius 3 is 2.79 bits per heavy atom. The maximum absolute atomic E-state index is 13.1. The summed E-state index contributed by atoms with van der Waals surface area (Å²) in [6.45, 7) is 1.91. The molecule has 2 heterocycles. The molecule has 1 atom stereocenters. The van der Waals surface area contributed by atoms with E-state index in [9.17, 15) is 9.59 Å². The number of benzene rings is 2. The first-order chi connectivity index (χ1) is 14.0. The van der Waals surface area contributed by atoms with E-state index in [-0.39, 0.29) is 17.5 Å².